The number of para-hydroxylation sites is 2. The van der Waals surface area contributed by atoms with Crippen LogP contribution in [-0.4, -0.2) is 25.8 Å². The number of anilines is 1. The Bertz CT molecular complexity index is 566. The van der Waals surface area contributed by atoms with Crippen molar-refractivity contribution in [1.29, 1.82) is 0 Å². The summed E-state index contributed by atoms with van der Waals surface area (Å²) in [6, 6.07) is 16.0. The highest BCUT2D eigenvalue weighted by atomic mass is 16.5. The summed E-state index contributed by atoms with van der Waals surface area (Å²) >= 11 is 0. The number of hydrogen-bond acceptors (Lipinski definition) is 3. The summed E-state index contributed by atoms with van der Waals surface area (Å²) in [6.07, 6.45) is 0.236. The zero-order chi connectivity index (χ0) is 15.2. The number of rotatable bonds is 6. The molecule has 1 unspecified atom stereocenters. The predicted molar refractivity (Wildman–Crippen MR) is 87.0 cm³/mol. The van der Waals surface area contributed by atoms with Crippen LogP contribution in [0.3, 0.4) is 0 Å². The van der Waals surface area contributed by atoms with E-state index < -0.39 is 6.10 Å². The first-order valence-electron chi connectivity index (χ1n) is 7.20. The van der Waals surface area contributed by atoms with E-state index in [9.17, 15) is 5.11 Å². The van der Waals surface area contributed by atoms with Gasteiger partial charge >= 0.3 is 0 Å². The van der Waals surface area contributed by atoms with Gasteiger partial charge in [-0.2, -0.15) is 0 Å². The van der Waals surface area contributed by atoms with Crippen molar-refractivity contribution in [3.05, 3.63) is 59.7 Å². The van der Waals surface area contributed by atoms with Gasteiger partial charge in [-0.1, -0.05) is 42.0 Å². The standard InChI is InChI=1S/C18H23NO2/c1-14-8-10-15(11-9-14)17(20)12-13-19(2)16-6-4-5-7-18(16)21-3/h4-11,17,20H,12-13H2,1-3H3. The smallest absolute Gasteiger partial charge is 0.142 e. The molecule has 0 radical (unpaired) electrons. The van der Waals surface area contributed by atoms with Gasteiger partial charge in [-0.25, -0.2) is 0 Å². The minimum atomic E-state index is -0.442. The molecule has 0 aliphatic carbocycles. The maximum atomic E-state index is 10.3. The number of nitrogens with zero attached hydrogens (tertiary/aromatic N) is 1. The second-order valence-electron chi connectivity index (χ2n) is 5.31. The quantitative estimate of drug-likeness (QED) is 0.881. The van der Waals surface area contributed by atoms with Crippen molar-refractivity contribution < 1.29 is 9.84 Å². The number of aliphatic hydroxyl groups is 1. The van der Waals surface area contributed by atoms with Crippen molar-refractivity contribution in [3.63, 3.8) is 0 Å². The summed E-state index contributed by atoms with van der Waals surface area (Å²) in [7, 11) is 3.69. The molecule has 0 saturated heterocycles. The average molecular weight is 285 g/mol. The molecule has 0 fully saturated rings. The Balaban J connectivity index is 1.97. The maximum absolute atomic E-state index is 10.3. The molecule has 0 aliphatic heterocycles. The largest absolute Gasteiger partial charge is 0.495 e. The molecule has 0 amide bonds. The van der Waals surface area contributed by atoms with Crippen LogP contribution in [-0.2, 0) is 0 Å². The molecule has 2 aromatic rings. The van der Waals surface area contributed by atoms with Gasteiger partial charge in [-0.15, -0.1) is 0 Å². The lowest BCUT2D eigenvalue weighted by Crippen LogP contribution is -2.21. The summed E-state index contributed by atoms with van der Waals surface area (Å²) in [5.41, 5.74) is 3.21. The van der Waals surface area contributed by atoms with Gasteiger partial charge < -0.3 is 14.7 Å². The van der Waals surface area contributed by atoms with E-state index in [2.05, 4.69) is 4.90 Å². The SMILES string of the molecule is COc1ccccc1N(C)CCC(O)c1ccc(C)cc1. The minimum absolute atomic E-state index is 0.442. The number of aryl methyl sites for hydroxylation is 1. The van der Waals surface area contributed by atoms with Gasteiger partial charge in [0, 0.05) is 13.6 Å². The van der Waals surface area contributed by atoms with E-state index in [1.165, 1.54) is 5.56 Å². The van der Waals surface area contributed by atoms with Crippen LogP contribution >= 0.6 is 0 Å². The molecule has 0 bridgehead atoms. The highest BCUT2D eigenvalue weighted by Crippen LogP contribution is 2.27. The number of aliphatic hydroxyl groups excluding tert-OH is 1. The fourth-order valence-electron chi connectivity index (χ4n) is 2.34. The lowest BCUT2D eigenvalue weighted by Gasteiger charge is -2.23. The van der Waals surface area contributed by atoms with E-state index in [1.807, 2.05) is 62.5 Å². The van der Waals surface area contributed by atoms with Crippen molar-refractivity contribution in [2.24, 2.45) is 0 Å². The topological polar surface area (TPSA) is 32.7 Å². The normalized spacial score (nSPS) is 12.0. The Morgan fingerprint density at radius 3 is 2.43 bits per heavy atom. The molecule has 2 aromatic carbocycles. The van der Waals surface area contributed by atoms with E-state index in [0.717, 1.165) is 23.5 Å². The predicted octanol–water partition coefficient (Wildman–Crippen LogP) is 3.56. The first-order valence-corrected chi connectivity index (χ1v) is 7.20. The molecule has 21 heavy (non-hydrogen) atoms. The van der Waals surface area contributed by atoms with Crippen molar-refractivity contribution in [1.82, 2.24) is 0 Å². The number of hydrogen-bond donors (Lipinski definition) is 1. The van der Waals surface area contributed by atoms with Gasteiger partial charge in [0.15, 0.2) is 0 Å². The van der Waals surface area contributed by atoms with Gasteiger partial charge in [-0.05, 0) is 31.0 Å². The van der Waals surface area contributed by atoms with Gasteiger partial charge in [0.25, 0.3) is 0 Å². The van der Waals surface area contributed by atoms with E-state index in [0.29, 0.717) is 6.42 Å². The molecule has 0 aromatic heterocycles. The van der Waals surface area contributed by atoms with Crippen LogP contribution in [0.15, 0.2) is 48.5 Å². The molecule has 0 heterocycles. The Kier molecular flexibility index (Phi) is 5.23. The third-order valence-corrected chi connectivity index (χ3v) is 3.70. The summed E-state index contributed by atoms with van der Waals surface area (Å²) in [6.45, 7) is 2.81. The minimum Gasteiger partial charge on any atom is -0.495 e. The van der Waals surface area contributed by atoms with Gasteiger partial charge in [0.1, 0.15) is 5.75 Å². The molecule has 3 heteroatoms. The van der Waals surface area contributed by atoms with Gasteiger partial charge in [0.05, 0.1) is 18.9 Å². The zero-order valence-electron chi connectivity index (χ0n) is 12.9. The summed E-state index contributed by atoms with van der Waals surface area (Å²) in [5, 5.41) is 10.3. The van der Waals surface area contributed by atoms with Crippen LogP contribution in [0.1, 0.15) is 23.7 Å². The molecule has 0 spiro atoms. The van der Waals surface area contributed by atoms with Gasteiger partial charge in [0.2, 0.25) is 0 Å². The molecule has 112 valence electrons. The third-order valence-electron chi connectivity index (χ3n) is 3.70. The van der Waals surface area contributed by atoms with Crippen molar-refractivity contribution in [3.8, 4) is 5.75 Å². The monoisotopic (exact) mass is 285 g/mol. The van der Waals surface area contributed by atoms with E-state index in [4.69, 9.17) is 4.74 Å². The molecular formula is C18H23NO2. The Morgan fingerprint density at radius 1 is 1.10 bits per heavy atom. The third kappa shape index (κ3) is 3.99. The van der Waals surface area contributed by atoms with Crippen LogP contribution in [0.25, 0.3) is 0 Å². The second kappa shape index (κ2) is 7.14. The van der Waals surface area contributed by atoms with E-state index in [-0.39, 0.29) is 0 Å². The highest BCUT2D eigenvalue weighted by molar-refractivity contribution is 5.57. The fourth-order valence-corrected chi connectivity index (χ4v) is 2.34. The zero-order valence-corrected chi connectivity index (χ0v) is 12.9. The molecule has 1 atom stereocenters. The second-order valence-corrected chi connectivity index (χ2v) is 5.31. The van der Waals surface area contributed by atoms with Gasteiger partial charge in [-0.3, -0.25) is 0 Å². The van der Waals surface area contributed by atoms with Crippen molar-refractivity contribution >= 4 is 5.69 Å². The van der Waals surface area contributed by atoms with E-state index in [1.54, 1.807) is 7.11 Å². The average Bonchev–Trinajstić information content (AvgIpc) is 2.52. The Morgan fingerprint density at radius 2 is 1.76 bits per heavy atom. The Labute approximate surface area is 126 Å². The molecule has 3 nitrogen and oxygen atoms in total. The molecule has 0 aliphatic rings. The first kappa shape index (κ1) is 15.4. The maximum Gasteiger partial charge on any atom is 0.142 e. The molecular weight excluding hydrogens is 262 g/mol. The lowest BCUT2D eigenvalue weighted by atomic mass is 10.0. The molecule has 1 N–H and O–H groups in total. The number of methoxy groups -OCH3 is 1. The fraction of sp³-hybridized carbons (Fsp3) is 0.333. The summed E-state index contributed by atoms with van der Waals surface area (Å²) < 4.78 is 5.37. The first-order chi connectivity index (χ1) is 10.1. The molecule has 0 saturated carbocycles. The molecule has 2 rings (SSSR count). The summed E-state index contributed by atoms with van der Waals surface area (Å²) in [4.78, 5) is 2.11. The number of benzene rings is 2. The van der Waals surface area contributed by atoms with Crippen LogP contribution in [0, 0.1) is 6.92 Å². The van der Waals surface area contributed by atoms with Crippen LogP contribution < -0.4 is 9.64 Å². The van der Waals surface area contributed by atoms with Crippen LogP contribution in [0.2, 0.25) is 0 Å². The number of ether oxygens (including phenoxy) is 1. The van der Waals surface area contributed by atoms with Crippen LogP contribution in [0.5, 0.6) is 5.75 Å². The van der Waals surface area contributed by atoms with Crippen molar-refractivity contribution in [2.45, 2.75) is 19.4 Å². The highest BCUT2D eigenvalue weighted by Gasteiger charge is 2.11. The lowest BCUT2D eigenvalue weighted by molar-refractivity contribution is 0.169. The Hall–Kier alpha value is -2.00. The summed E-state index contributed by atoms with van der Waals surface area (Å²) in [5.74, 6) is 0.852. The van der Waals surface area contributed by atoms with Crippen molar-refractivity contribution in [2.75, 3.05) is 25.6 Å². The van der Waals surface area contributed by atoms with E-state index >= 15 is 0 Å². The van der Waals surface area contributed by atoms with Crippen LogP contribution in [0.4, 0.5) is 5.69 Å².